The van der Waals surface area contributed by atoms with Gasteiger partial charge in [0.2, 0.25) is 0 Å². The molecule has 1 fully saturated rings. The molecule has 0 aromatic heterocycles. The molecule has 3 N–H and O–H groups in total. The Bertz CT molecular complexity index is 446. The summed E-state index contributed by atoms with van der Waals surface area (Å²) in [7, 11) is 3.52. The second-order valence-electron chi connectivity index (χ2n) is 5.37. The monoisotopic (exact) mass is 418 g/mol. The van der Waals surface area contributed by atoms with Crippen LogP contribution in [0.3, 0.4) is 0 Å². The van der Waals surface area contributed by atoms with Gasteiger partial charge in [-0.1, -0.05) is 12.1 Å². The molecule has 0 spiro atoms. The number of guanidine groups is 1. The Hall–Kier alpha value is -1.02. The summed E-state index contributed by atoms with van der Waals surface area (Å²) in [6, 6.07) is 8.42. The van der Waals surface area contributed by atoms with Crippen LogP contribution in [0.25, 0.3) is 0 Å². The molecule has 0 atom stereocenters. The molecule has 0 unspecified atom stereocenters. The number of halogens is 1. The smallest absolute Gasteiger partial charge is 0.191 e. The predicted molar refractivity (Wildman–Crippen MR) is 103 cm³/mol. The maximum absolute atomic E-state index is 5.02. The lowest BCUT2D eigenvalue weighted by Crippen LogP contribution is -2.37. The zero-order valence-corrected chi connectivity index (χ0v) is 15.7. The molecular weight excluding hydrogens is 391 g/mol. The highest BCUT2D eigenvalue weighted by Gasteiger charge is 2.20. The first kappa shape index (κ1) is 19.0. The van der Waals surface area contributed by atoms with Gasteiger partial charge in [0.05, 0.1) is 6.61 Å². The lowest BCUT2D eigenvalue weighted by molar-refractivity contribution is 0.211. The Kier molecular flexibility index (Phi) is 9.22. The van der Waals surface area contributed by atoms with Crippen molar-refractivity contribution in [2.75, 3.05) is 39.2 Å². The van der Waals surface area contributed by atoms with Crippen LogP contribution in [0.5, 0.6) is 0 Å². The quantitative estimate of drug-likeness (QED) is 0.263. The summed E-state index contributed by atoms with van der Waals surface area (Å²) in [4.78, 5) is 4.24. The first-order valence-electron chi connectivity index (χ1n) is 7.58. The van der Waals surface area contributed by atoms with Crippen molar-refractivity contribution in [3.8, 4) is 0 Å². The van der Waals surface area contributed by atoms with E-state index in [0.29, 0.717) is 6.61 Å². The van der Waals surface area contributed by atoms with Gasteiger partial charge >= 0.3 is 0 Å². The molecule has 1 aliphatic carbocycles. The fraction of sp³-hybridized carbons (Fsp3) is 0.562. The molecule has 0 aliphatic heterocycles. The minimum Gasteiger partial charge on any atom is -0.383 e. The van der Waals surface area contributed by atoms with Crippen LogP contribution in [-0.4, -0.2) is 39.8 Å². The minimum absolute atomic E-state index is 0. The van der Waals surface area contributed by atoms with Crippen molar-refractivity contribution in [2.45, 2.75) is 19.4 Å². The number of nitrogens with one attached hydrogen (secondary N) is 3. The highest BCUT2D eigenvalue weighted by atomic mass is 127. The molecule has 0 radical (unpaired) electrons. The number of ether oxygens (including phenoxy) is 1. The highest BCUT2D eigenvalue weighted by molar-refractivity contribution is 14.0. The average molecular weight is 418 g/mol. The van der Waals surface area contributed by atoms with Gasteiger partial charge in [-0.15, -0.1) is 24.0 Å². The van der Waals surface area contributed by atoms with E-state index in [0.717, 1.165) is 37.2 Å². The van der Waals surface area contributed by atoms with Crippen molar-refractivity contribution < 1.29 is 4.74 Å². The van der Waals surface area contributed by atoms with E-state index >= 15 is 0 Å². The van der Waals surface area contributed by atoms with Gasteiger partial charge in [-0.25, -0.2) is 0 Å². The number of hydrogen-bond acceptors (Lipinski definition) is 3. The second kappa shape index (κ2) is 10.7. The average Bonchev–Trinajstić information content (AvgIpc) is 3.33. The molecular formula is C16H27IN4O. The van der Waals surface area contributed by atoms with Crippen LogP contribution in [0.4, 0.5) is 5.69 Å². The number of nitrogens with zero attached hydrogens (tertiary/aromatic N) is 1. The van der Waals surface area contributed by atoms with Crippen molar-refractivity contribution in [2.24, 2.45) is 10.9 Å². The topological polar surface area (TPSA) is 57.7 Å². The summed E-state index contributed by atoms with van der Waals surface area (Å²) in [5.41, 5.74) is 2.36. The third-order valence-electron chi connectivity index (χ3n) is 3.53. The summed E-state index contributed by atoms with van der Waals surface area (Å²) in [6.45, 7) is 3.35. The van der Waals surface area contributed by atoms with Crippen molar-refractivity contribution in [1.29, 1.82) is 0 Å². The van der Waals surface area contributed by atoms with Crippen LogP contribution in [0.15, 0.2) is 29.3 Å². The second-order valence-corrected chi connectivity index (χ2v) is 5.37. The minimum atomic E-state index is 0. The van der Waals surface area contributed by atoms with Gasteiger partial charge in [0.25, 0.3) is 0 Å². The lowest BCUT2D eigenvalue weighted by Gasteiger charge is -2.12. The van der Waals surface area contributed by atoms with E-state index in [-0.39, 0.29) is 24.0 Å². The maximum atomic E-state index is 5.02. The van der Waals surface area contributed by atoms with Crippen molar-refractivity contribution in [3.63, 3.8) is 0 Å². The van der Waals surface area contributed by atoms with Gasteiger partial charge in [-0.3, -0.25) is 4.99 Å². The van der Waals surface area contributed by atoms with E-state index in [1.807, 2.05) is 7.05 Å². The molecule has 5 nitrogen and oxygen atoms in total. The van der Waals surface area contributed by atoms with Crippen LogP contribution in [0, 0.1) is 5.92 Å². The van der Waals surface area contributed by atoms with Gasteiger partial charge in [0.15, 0.2) is 5.96 Å². The molecule has 0 heterocycles. The van der Waals surface area contributed by atoms with Crippen molar-refractivity contribution in [3.05, 3.63) is 29.8 Å². The van der Waals surface area contributed by atoms with Crippen LogP contribution < -0.4 is 16.0 Å². The first-order chi connectivity index (χ1) is 10.3. The molecule has 124 valence electrons. The molecule has 1 aromatic rings. The number of methoxy groups -OCH3 is 1. The molecule has 22 heavy (non-hydrogen) atoms. The summed E-state index contributed by atoms with van der Waals surface area (Å²) < 4.78 is 5.02. The van der Waals surface area contributed by atoms with E-state index in [1.54, 1.807) is 7.11 Å². The lowest BCUT2D eigenvalue weighted by atomic mass is 10.2. The third kappa shape index (κ3) is 7.31. The Morgan fingerprint density at radius 1 is 1.23 bits per heavy atom. The first-order valence-corrected chi connectivity index (χ1v) is 7.58. The van der Waals surface area contributed by atoms with Gasteiger partial charge in [0, 0.05) is 39.5 Å². The van der Waals surface area contributed by atoms with Gasteiger partial charge in [-0.2, -0.15) is 0 Å². The largest absolute Gasteiger partial charge is 0.383 e. The summed E-state index contributed by atoms with van der Waals surface area (Å²) in [5.74, 6) is 1.73. The van der Waals surface area contributed by atoms with Crippen molar-refractivity contribution in [1.82, 2.24) is 10.6 Å². The standard InChI is InChI=1S/C16H26N4O.HI/c1-17-16(19-11-13-3-4-13)20-12-14-5-7-15(8-6-14)18-9-10-21-2;/h5-8,13,18H,3-4,9-12H2,1-2H3,(H2,17,19,20);1H. The third-order valence-corrected chi connectivity index (χ3v) is 3.53. The molecule has 0 saturated heterocycles. The van der Waals surface area contributed by atoms with Crippen LogP contribution >= 0.6 is 24.0 Å². The number of anilines is 1. The summed E-state index contributed by atoms with van der Waals surface area (Å²) in [6.07, 6.45) is 2.70. The highest BCUT2D eigenvalue weighted by Crippen LogP contribution is 2.27. The molecule has 0 amide bonds. The molecule has 2 rings (SSSR count). The van der Waals surface area contributed by atoms with Gasteiger partial charge in [-0.05, 0) is 36.5 Å². The van der Waals surface area contributed by atoms with E-state index in [9.17, 15) is 0 Å². The summed E-state index contributed by atoms with van der Waals surface area (Å²) >= 11 is 0. The number of aliphatic imine (C=N–C) groups is 1. The van der Waals surface area contributed by atoms with Gasteiger partial charge in [0.1, 0.15) is 0 Å². The van der Waals surface area contributed by atoms with E-state index in [4.69, 9.17) is 4.74 Å². The molecule has 1 aliphatic rings. The molecule has 6 heteroatoms. The van der Waals surface area contributed by atoms with Crippen LogP contribution in [0.2, 0.25) is 0 Å². The number of benzene rings is 1. The van der Waals surface area contributed by atoms with E-state index < -0.39 is 0 Å². The SMILES string of the molecule is CN=C(NCc1ccc(NCCOC)cc1)NCC1CC1.I. The maximum Gasteiger partial charge on any atom is 0.191 e. The predicted octanol–water partition coefficient (Wildman–Crippen LogP) is 2.44. The fourth-order valence-corrected chi connectivity index (χ4v) is 2.01. The van der Waals surface area contributed by atoms with Crippen LogP contribution in [-0.2, 0) is 11.3 Å². The molecule has 1 aromatic carbocycles. The number of hydrogen-bond donors (Lipinski definition) is 3. The zero-order valence-electron chi connectivity index (χ0n) is 13.4. The normalized spacial score (nSPS) is 14.2. The Morgan fingerprint density at radius 2 is 1.95 bits per heavy atom. The Morgan fingerprint density at radius 3 is 2.55 bits per heavy atom. The zero-order chi connectivity index (χ0) is 14.9. The van der Waals surface area contributed by atoms with Crippen molar-refractivity contribution >= 4 is 35.6 Å². The number of rotatable bonds is 8. The Labute approximate surface area is 150 Å². The molecule has 0 bridgehead atoms. The van der Waals surface area contributed by atoms with E-state index in [2.05, 4.69) is 45.2 Å². The van der Waals surface area contributed by atoms with E-state index in [1.165, 1.54) is 18.4 Å². The Balaban J connectivity index is 0.00000242. The summed E-state index contributed by atoms with van der Waals surface area (Å²) in [5, 5.41) is 10.0. The fourth-order valence-electron chi connectivity index (χ4n) is 2.01. The molecule has 1 saturated carbocycles. The van der Waals surface area contributed by atoms with Gasteiger partial charge < -0.3 is 20.7 Å². The van der Waals surface area contributed by atoms with Crippen LogP contribution in [0.1, 0.15) is 18.4 Å².